The third kappa shape index (κ3) is 2.84. The largest absolute Gasteiger partial charge is 0.487 e. The van der Waals surface area contributed by atoms with E-state index < -0.39 is 5.97 Å². The molecule has 0 radical (unpaired) electrons. The number of carboxylic acid groups (broad SMARTS) is 1. The van der Waals surface area contributed by atoms with E-state index in [1.54, 1.807) is 12.1 Å². The molecule has 1 heterocycles. The highest BCUT2D eigenvalue weighted by Gasteiger charge is 2.08. The molecule has 0 amide bonds. The molecule has 1 aromatic heterocycles. The highest BCUT2D eigenvalue weighted by Crippen LogP contribution is 2.23. The first-order valence-corrected chi connectivity index (χ1v) is 5.71. The number of carbonyl (C=O) groups is 1. The number of anilines is 1. The highest BCUT2D eigenvalue weighted by atomic mass is 16.5. The Hall–Kier alpha value is -3.07. The molecule has 0 atom stereocenters. The summed E-state index contributed by atoms with van der Waals surface area (Å²) in [4.78, 5) is 14.7. The summed E-state index contributed by atoms with van der Waals surface area (Å²) in [5.41, 5.74) is 6.97. The molecule has 0 bridgehead atoms. The lowest BCUT2D eigenvalue weighted by molar-refractivity contribution is 0.0697. The second-order valence-electron chi connectivity index (χ2n) is 3.97. The number of carboxylic acids is 1. The minimum atomic E-state index is -1.05. The molecule has 0 saturated carbocycles. The number of nitriles is 1. The van der Waals surface area contributed by atoms with Crippen molar-refractivity contribution in [3.63, 3.8) is 0 Å². The van der Waals surface area contributed by atoms with E-state index in [-0.39, 0.29) is 23.6 Å². The number of ether oxygens (including phenoxy) is 1. The summed E-state index contributed by atoms with van der Waals surface area (Å²) in [5, 5.41) is 17.7. The SMILES string of the molecule is N#Cc1ncccc1COc1ccc(C(=O)O)cc1N. The summed E-state index contributed by atoms with van der Waals surface area (Å²) >= 11 is 0. The van der Waals surface area contributed by atoms with E-state index in [1.165, 1.54) is 24.4 Å². The van der Waals surface area contributed by atoms with Crippen LogP contribution in [0.3, 0.4) is 0 Å². The number of aromatic nitrogens is 1. The van der Waals surface area contributed by atoms with Crippen molar-refractivity contribution in [1.29, 1.82) is 5.26 Å². The van der Waals surface area contributed by atoms with Crippen molar-refractivity contribution in [2.24, 2.45) is 0 Å². The molecule has 2 aromatic rings. The van der Waals surface area contributed by atoms with E-state index in [0.717, 1.165) is 0 Å². The number of nitrogens with zero attached hydrogens (tertiary/aromatic N) is 2. The molecule has 6 heteroatoms. The maximum Gasteiger partial charge on any atom is 0.335 e. The van der Waals surface area contributed by atoms with Gasteiger partial charge in [0.15, 0.2) is 0 Å². The Bertz CT molecular complexity index is 692. The lowest BCUT2D eigenvalue weighted by Crippen LogP contribution is -2.03. The van der Waals surface area contributed by atoms with Gasteiger partial charge >= 0.3 is 5.97 Å². The van der Waals surface area contributed by atoms with Gasteiger partial charge in [0, 0.05) is 11.8 Å². The van der Waals surface area contributed by atoms with Crippen LogP contribution in [-0.2, 0) is 6.61 Å². The van der Waals surface area contributed by atoms with E-state index in [1.807, 2.05) is 6.07 Å². The van der Waals surface area contributed by atoms with Crippen LogP contribution in [0.1, 0.15) is 21.6 Å². The fourth-order valence-corrected chi connectivity index (χ4v) is 1.62. The van der Waals surface area contributed by atoms with Crippen LogP contribution >= 0.6 is 0 Å². The first-order valence-electron chi connectivity index (χ1n) is 5.71. The number of rotatable bonds is 4. The Morgan fingerprint density at radius 3 is 2.90 bits per heavy atom. The fourth-order valence-electron chi connectivity index (χ4n) is 1.62. The maximum atomic E-state index is 10.8. The molecular weight excluding hydrogens is 258 g/mol. The van der Waals surface area contributed by atoms with Crippen LogP contribution in [0, 0.1) is 11.3 Å². The van der Waals surface area contributed by atoms with Gasteiger partial charge in [0.05, 0.1) is 11.3 Å². The average Bonchev–Trinajstić information content (AvgIpc) is 2.46. The van der Waals surface area contributed by atoms with Crippen LogP contribution in [0.25, 0.3) is 0 Å². The Balaban J connectivity index is 2.16. The van der Waals surface area contributed by atoms with Gasteiger partial charge in [-0.2, -0.15) is 5.26 Å². The van der Waals surface area contributed by atoms with Gasteiger partial charge in [0.1, 0.15) is 24.1 Å². The molecule has 0 aliphatic carbocycles. The van der Waals surface area contributed by atoms with Gasteiger partial charge in [-0.15, -0.1) is 0 Å². The van der Waals surface area contributed by atoms with Gasteiger partial charge in [0.25, 0.3) is 0 Å². The quantitative estimate of drug-likeness (QED) is 0.819. The third-order valence-electron chi connectivity index (χ3n) is 2.64. The summed E-state index contributed by atoms with van der Waals surface area (Å²) in [7, 11) is 0. The standard InChI is InChI=1S/C14H11N3O3/c15-7-12-10(2-1-5-17-12)8-20-13-4-3-9(14(18)19)6-11(13)16/h1-6H,8,16H2,(H,18,19). The number of benzene rings is 1. The van der Waals surface area contributed by atoms with Crippen molar-refractivity contribution in [2.75, 3.05) is 5.73 Å². The van der Waals surface area contributed by atoms with E-state index in [9.17, 15) is 4.79 Å². The van der Waals surface area contributed by atoms with E-state index in [2.05, 4.69) is 4.98 Å². The minimum absolute atomic E-state index is 0.0916. The predicted octanol–water partition coefficient (Wildman–Crippen LogP) is 1.81. The molecular formula is C14H11N3O3. The molecule has 0 fully saturated rings. The number of pyridine rings is 1. The number of aromatic carboxylic acids is 1. The first kappa shape index (κ1) is 13.4. The Morgan fingerprint density at radius 2 is 2.25 bits per heavy atom. The number of hydrogen-bond donors (Lipinski definition) is 2. The van der Waals surface area contributed by atoms with Crippen molar-refractivity contribution < 1.29 is 14.6 Å². The molecule has 1 aromatic carbocycles. The van der Waals surface area contributed by atoms with Crippen LogP contribution < -0.4 is 10.5 Å². The highest BCUT2D eigenvalue weighted by molar-refractivity contribution is 5.89. The number of nitrogen functional groups attached to an aromatic ring is 1. The molecule has 100 valence electrons. The van der Waals surface area contributed by atoms with Gasteiger partial charge in [-0.1, -0.05) is 6.07 Å². The van der Waals surface area contributed by atoms with Crippen molar-refractivity contribution in [1.82, 2.24) is 4.98 Å². The second kappa shape index (κ2) is 5.71. The summed E-state index contributed by atoms with van der Waals surface area (Å²) in [6.07, 6.45) is 1.53. The molecule has 6 nitrogen and oxygen atoms in total. The topological polar surface area (TPSA) is 109 Å². The van der Waals surface area contributed by atoms with Crippen LogP contribution in [0.15, 0.2) is 36.5 Å². The predicted molar refractivity (Wildman–Crippen MR) is 71.1 cm³/mol. The molecule has 2 rings (SSSR count). The molecule has 0 spiro atoms. The lowest BCUT2D eigenvalue weighted by atomic mass is 10.2. The van der Waals surface area contributed by atoms with Gasteiger partial charge in [0.2, 0.25) is 0 Å². The summed E-state index contributed by atoms with van der Waals surface area (Å²) in [6, 6.07) is 9.62. The number of nitrogens with two attached hydrogens (primary N) is 1. The van der Waals surface area contributed by atoms with Crippen LogP contribution in [0.5, 0.6) is 5.75 Å². The normalized spacial score (nSPS) is 9.75. The molecule has 0 aliphatic rings. The van der Waals surface area contributed by atoms with Crippen LogP contribution in [0.4, 0.5) is 5.69 Å². The Morgan fingerprint density at radius 1 is 1.45 bits per heavy atom. The molecule has 20 heavy (non-hydrogen) atoms. The van der Waals surface area contributed by atoms with E-state index in [4.69, 9.17) is 20.8 Å². The monoisotopic (exact) mass is 269 g/mol. The van der Waals surface area contributed by atoms with Gasteiger partial charge in [-0.3, -0.25) is 0 Å². The zero-order chi connectivity index (χ0) is 14.5. The molecule has 0 unspecified atom stereocenters. The smallest absolute Gasteiger partial charge is 0.335 e. The molecule has 0 aliphatic heterocycles. The summed E-state index contributed by atoms with van der Waals surface area (Å²) in [5.74, 6) is -0.690. The first-order chi connectivity index (χ1) is 9.61. The molecule has 3 N–H and O–H groups in total. The zero-order valence-corrected chi connectivity index (χ0v) is 10.4. The van der Waals surface area contributed by atoms with Crippen molar-refractivity contribution in [3.05, 3.63) is 53.3 Å². The van der Waals surface area contributed by atoms with E-state index >= 15 is 0 Å². The molecule has 0 saturated heterocycles. The maximum absolute atomic E-state index is 10.8. The zero-order valence-electron chi connectivity index (χ0n) is 10.4. The Labute approximate surface area is 115 Å². The van der Waals surface area contributed by atoms with Crippen molar-refractivity contribution in [3.8, 4) is 11.8 Å². The number of hydrogen-bond acceptors (Lipinski definition) is 5. The fraction of sp³-hybridized carbons (Fsp3) is 0.0714. The summed E-state index contributed by atoms with van der Waals surface area (Å²) in [6.45, 7) is 0.132. The Kier molecular flexibility index (Phi) is 3.82. The van der Waals surface area contributed by atoms with Crippen LogP contribution in [-0.4, -0.2) is 16.1 Å². The van der Waals surface area contributed by atoms with Gasteiger partial charge < -0.3 is 15.6 Å². The van der Waals surface area contributed by atoms with Crippen molar-refractivity contribution >= 4 is 11.7 Å². The average molecular weight is 269 g/mol. The van der Waals surface area contributed by atoms with Crippen molar-refractivity contribution in [2.45, 2.75) is 6.61 Å². The minimum Gasteiger partial charge on any atom is -0.487 e. The second-order valence-corrected chi connectivity index (χ2v) is 3.97. The lowest BCUT2D eigenvalue weighted by Gasteiger charge is -2.10. The van der Waals surface area contributed by atoms with Crippen LogP contribution in [0.2, 0.25) is 0 Å². The van der Waals surface area contributed by atoms with E-state index in [0.29, 0.717) is 11.3 Å². The van der Waals surface area contributed by atoms with Gasteiger partial charge in [-0.25, -0.2) is 9.78 Å². The van der Waals surface area contributed by atoms with Gasteiger partial charge in [-0.05, 0) is 24.3 Å². The third-order valence-corrected chi connectivity index (χ3v) is 2.64. The summed E-state index contributed by atoms with van der Waals surface area (Å²) < 4.78 is 5.49.